The highest BCUT2D eigenvalue weighted by molar-refractivity contribution is 6.04. The van der Waals surface area contributed by atoms with Gasteiger partial charge in [0.15, 0.2) is 0 Å². The smallest absolute Gasteiger partial charge is 0.255 e. The van der Waals surface area contributed by atoms with Crippen LogP contribution in [-0.2, 0) is 0 Å². The zero-order chi connectivity index (χ0) is 15.1. The van der Waals surface area contributed by atoms with E-state index in [2.05, 4.69) is 20.5 Å². The second-order valence-corrected chi connectivity index (χ2v) is 4.98. The van der Waals surface area contributed by atoms with Crippen molar-refractivity contribution in [1.29, 1.82) is 0 Å². The van der Waals surface area contributed by atoms with Crippen molar-refractivity contribution in [3.05, 3.63) is 54.2 Å². The third-order valence-electron chi connectivity index (χ3n) is 2.92. The van der Waals surface area contributed by atoms with E-state index in [9.17, 15) is 4.79 Å². The molecule has 1 amide bonds. The molecular weight excluding hydrogens is 264 g/mol. The minimum Gasteiger partial charge on any atom is -0.369 e. The molecule has 0 fully saturated rings. The van der Waals surface area contributed by atoms with E-state index < -0.39 is 0 Å². The Balaban J connectivity index is 1.89. The van der Waals surface area contributed by atoms with Gasteiger partial charge in [-0.15, -0.1) is 0 Å². The van der Waals surface area contributed by atoms with Crippen molar-refractivity contribution in [2.45, 2.75) is 0 Å². The number of nitrogens with zero attached hydrogens (tertiary/aromatic N) is 2. The first-order valence-electron chi connectivity index (χ1n) is 6.86. The van der Waals surface area contributed by atoms with Gasteiger partial charge in [-0.1, -0.05) is 18.2 Å². The van der Waals surface area contributed by atoms with Crippen LogP contribution in [0.15, 0.2) is 48.7 Å². The lowest BCUT2D eigenvalue weighted by Crippen LogP contribution is -2.21. The predicted octanol–water partition coefficient (Wildman–Crippen LogP) is 2.31. The number of hydrogen-bond acceptors (Lipinski definition) is 4. The fourth-order valence-electron chi connectivity index (χ4n) is 1.77. The molecule has 21 heavy (non-hydrogen) atoms. The molecule has 1 aromatic heterocycles. The first-order valence-corrected chi connectivity index (χ1v) is 6.86. The molecule has 0 aliphatic heterocycles. The maximum absolute atomic E-state index is 12.0. The molecule has 2 aromatic rings. The molecule has 0 radical (unpaired) electrons. The van der Waals surface area contributed by atoms with Gasteiger partial charge in [-0.05, 0) is 38.4 Å². The van der Waals surface area contributed by atoms with Gasteiger partial charge < -0.3 is 15.5 Å². The summed E-state index contributed by atoms with van der Waals surface area (Å²) in [6.45, 7) is 1.77. The van der Waals surface area contributed by atoms with Crippen LogP contribution in [0.2, 0.25) is 0 Å². The van der Waals surface area contributed by atoms with Crippen LogP contribution in [0.4, 0.5) is 11.5 Å². The van der Waals surface area contributed by atoms with Crippen molar-refractivity contribution in [2.75, 3.05) is 37.8 Å². The summed E-state index contributed by atoms with van der Waals surface area (Å²) >= 11 is 0. The van der Waals surface area contributed by atoms with E-state index in [1.165, 1.54) is 0 Å². The van der Waals surface area contributed by atoms with Crippen LogP contribution in [0.1, 0.15) is 10.4 Å². The summed E-state index contributed by atoms with van der Waals surface area (Å²) in [7, 11) is 4.05. The first-order chi connectivity index (χ1) is 10.1. The second-order valence-electron chi connectivity index (χ2n) is 4.98. The predicted molar refractivity (Wildman–Crippen MR) is 85.7 cm³/mol. The highest BCUT2D eigenvalue weighted by Crippen LogP contribution is 2.11. The molecule has 0 bridgehead atoms. The zero-order valence-electron chi connectivity index (χ0n) is 12.3. The van der Waals surface area contributed by atoms with Crippen molar-refractivity contribution < 1.29 is 4.79 Å². The maximum Gasteiger partial charge on any atom is 0.255 e. The Morgan fingerprint density at radius 2 is 1.90 bits per heavy atom. The lowest BCUT2D eigenvalue weighted by Gasteiger charge is -2.11. The summed E-state index contributed by atoms with van der Waals surface area (Å²) in [5.41, 5.74) is 1.31. The Morgan fingerprint density at radius 3 is 2.52 bits per heavy atom. The van der Waals surface area contributed by atoms with Gasteiger partial charge in [0.1, 0.15) is 5.82 Å². The van der Waals surface area contributed by atoms with Crippen LogP contribution in [0.25, 0.3) is 0 Å². The van der Waals surface area contributed by atoms with Crippen molar-refractivity contribution in [1.82, 2.24) is 9.88 Å². The average Bonchev–Trinajstić information content (AvgIpc) is 2.49. The number of aromatic nitrogens is 1. The quantitative estimate of drug-likeness (QED) is 0.854. The van der Waals surface area contributed by atoms with Crippen LogP contribution >= 0.6 is 0 Å². The van der Waals surface area contributed by atoms with Gasteiger partial charge in [0, 0.05) is 18.7 Å². The topological polar surface area (TPSA) is 57.3 Å². The van der Waals surface area contributed by atoms with E-state index in [4.69, 9.17) is 0 Å². The monoisotopic (exact) mass is 284 g/mol. The van der Waals surface area contributed by atoms with Crippen molar-refractivity contribution in [3.8, 4) is 0 Å². The Labute approximate surface area is 125 Å². The second kappa shape index (κ2) is 7.40. The molecule has 0 aliphatic rings. The van der Waals surface area contributed by atoms with Gasteiger partial charge >= 0.3 is 0 Å². The van der Waals surface area contributed by atoms with E-state index in [0.29, 0.717) is 11.3 Å². The van der Waals surface area contributed by atoms with Crippen LogP contribution in [0.3, 0.4) is 0 Å². The lowest BCUT2D eigenvalue weighted by molar-refractivity contribution is 0.102. The van der Waals surface area contributed by atoms with Gasteiger partial charge in [-0.2, -0.15) is 0 Å². The number of pyridine rings is 1. The largest absolute Gasteiger partial charge is 0.369 e. The summed E-state index contributed by atoms with van der Waals surface area (Å²) in [6.07, 6.45) is 1.65. The Morgan fingerprint density at radius 1 is 1.14 bits per heavy atom. The number of nitrogens with one attached hydrogen (secondary N) is 2. The van der Waals surface area contributed by atoms with Crippen molar-refractivity contribution in [3.63, 3.8) is 0 Å². The number of rotatable bonds is 6. The zero-order valence-corrected chi connectivity index (χ0v) is 12.3. The molecule has 0 saturated heterocycles. The molecule has 0 spiro atoms. The van der Waals surface area contributed by atoms with Gasteiger partial charge in [0.2, 0.25) is 0 Å². The third kappa shape index (κ3) is 4.89. The van der Waals surface area contributed by atoms with Gasteiger partial charge in [-0.25, -0.2) is 4.98 Å². The van der Waals surface area contributed by atoms with Crippen LogP contribution in [-0.4, -0.2) is 43.0 Å². The van der Waals surface area contributed by atoms with Gasteiger partial charge in [0.05, 0.1) is 11.9 Å². The number of benzene rings is 1. The standard InChI is InChI=1S/C16H20N4O/c1-20(2)11-10-17-15-9-8-14(12-18-15)19-16(21)13-6-4-3-5-7-13/h3-9,12H,10-11H2,1-2H3,(H,17,18)(H,19,21). The van der Waals surface area contributed by atoms with E-state index in [-0.39, 0.29) is 5.91 Å². The summed E-state index contributed by atoms with van der Waals surface area (Å²) in [5.74, 6) is 0.667. The maximum atomic E-state index is 12.0. The van der Waals surface area contributed by atoms with Crippen LogP contribution in [0, 0.1) is 0 Å². The molecule has 1 aromatic carbocycles. The van der Waals surface area contributed by atoms with Crippen molar-refractivity contribution in [2.24, 2.45) is 0 Å². The number of carbonyl (C=O) groups is 1. The molecule has 5 nitrogen and oxygen atoms in total. The fraction of sp³-hybridized carbons (Fsp3) is 0.250. The third-order valence-corrected chi connectivity index (χ3v) is 2.92. The molecule has 2 rings (SSSR count). The van der Waals surface area contributed by atoms with Gasteiger partial charge in [0.25, 0.3) is 5.91 Å². The van der Waals surface area contributed by atoms with E-state index in [0.717, 1.165) is 18.9 Å². The molecular formula is C16H20N4O. The number of anilines is 2. The van der Waals surface area contributed by atoms with E-state index in [1.807, 2.05) is 44.4 Å². The van der Waals surface area contributed by atoms with Crippen molar-refractivity contribution >= 4 is 17.4 Å². The first kappa shape index (κ1) is 15.0. The summed E-state index contributed by atoms with van der Waals surface area (Å²) in [6, 6.07) is 12.8. The highest BCUT2D eigenvalue weighted by atomic mass is 16.1. The summed E-state index contributed by atoms with van der Waals surface area (Å²) < 4.78 is 0. The van der Waals surface area contributed by atoms with E-state index >= 15 is 0 Å². The fourth-order valence-corrected chi connectivity index (χ4v) is 1.77. The Bertz CT molecular complexity index is 567. The normalized spacial score (nSPS) is 10.4. The number of likely N-dealkylation sites (N-methyl/N-ethyl adjacent to an activating group) is 1. The molecule has 0 saturated carbocycles. The molecule has 2 N–H and O–H groups in total. The molecule has 0 atom stereocenters. The lowest BCUT2D eigenvalue weighted by atomic mass is 10.2. The summed E-state index contributed by atoms with van der Waals surface area (Å²) in [5, 5.41) is 6.05. The molecule has 110 valence electrons. The number of carbonyl (C=O) groups excluding carboxylic acids is 1. The SMILES string of the molecule is CN(C)CCNc1ccc(NC(=O)c2ccccc2)cn1. The average molecular weight is 284 g/mol. The molecule has 0 aliphatic carbocycles. The number of hydrogen-bond donors (Lipinski definition) is 2. The molecule has 0 unspecified atom stereocenters. The minimum absolute atomic E-state index is 0.134. The summed E-state index contributed by atoms with van der Waals surface area (Å²) in [4.78, 5) is 18.4. The molecule has 1 heterocycles. The van der Waals surface area contributed by atoms with Crippen LogP contribution in [0.5, 0.6) is 0 Å². The van der Waals surface area contributed by atoms with Crippen LogP contribution < -0.4 is 10.6 Å². The Kier molecular flexibility index (Phi) is 5.29. The highest BCUT2D eigenvalue weighted by Gasteiger charge is 2.05. The minimum atomic E-state index is -0.134. The van der Waals surface area contributed by atoms with Gasteiger partial charge in [-0.3, -0.25) is 4.79 Å². The Hall–Kier alpha value is -2.40. The number of amides is 1. The molecule has 5 heteroatoms. The van der Waals surface area contributed by atoms with E-state index in [1.54, 1.807) is 18.3 Å².